The van der Waals surface area contributed by atoms with Crippen molar-refractivity contribution in [3.05, 3.63) is 24.0 Å². The van der Waals surface area contributed by atoms with Crippen molar-refractivity contribution in [1.29, 1.82) is 0 Å². The van der Waals surface area contributed by atoms with E-state index in [1.807, 2.05) is 4.72 Å². The molecular formula is C9H14FN3O4S2. The molecule has 1 aromatic carbocycles. The molecule has 108 valence electrons. The van der Waals surface area contributed by atoms with Crippen molar-refractivity contribution < 1.29 is 21.2 Å². The van der Waals surface area contributed by atoms with E-state index in [9.17, 15) is 21.2 Å². The van der Waals surface area contributed by atoms with E-state index >= 15 is 0 Å². The number of hydrogen-bond donors (Lipinski definition) is 3. The number of hydrogen-bond acceptors (Lipinski definition) is 4. The summed E-state index contributed by atoms with van der Waals surface area (Å²) in [6.45, 7) is 1.97. The highest BCUT2D eigenvalue weighted by Crippen LogP contribution is 2.18. The summed E-state index contributed by atoms with van der Waals surface area (Å²) in [5.74, 6) is -1.03. The fraction of sp³-hybridized carbons (Fsp3) is 0.333. The van der Waals surface area contributed by atoms with Crippen LogP contribution in [0, 0.1) is 5.82 Å². The van der Waals surface area contributed by atoms with Crippen LogP contribution < -0.4 is 14.6 Å². The molecule has 0 unspecified atom stereocenters. The summed E-state index contributed by atoms with van der Waals surface area (Å²) in [6.07, 6.45) is 0.577. The van der Waals surface area contributed by atoms with Crippen LogP contribution in [0.4, 0.5) is 10.1 Å². The zero-order valence-corrected chi connectivity index (χ0v) is 11.7. The molecule has 0 spiro atoms. The molecule has 0 bridgehead atoms. The molecule has 0 aliphatic carbocycles. The number of nitrogens with two attached hydrogens (primary N) is 1. The molecular weight excluding hydrogens is 297 g/mol. The van der Waals surface area contributed by atoms with Gasteiger partial charge in [0.2, 0.25) is 10.0 Å². The summed E-state index contributed by atoms with van der Waals surface area (Å²) in [5, 5.41) is 4.82. The molecule has 1 aromatic rings. The highest BCUT2D eigenvalue weighted by Gasteiger charge is 2.15. The molecule has 10 heteroatoms. The predicted molar refractivity (Wildman–Crippen MR) is 68.6 cm³/mol. The van der Waals surface area contributed by atoms with E-state index in [1.165, 1.54) is 0 Å². The Bertz CT molecular complexity index is 658. The van der Waals surface area contributed by atoms with Crippen molar-refractivity contribution in [3.63, 3.8) is 0 Å². The van der Waals surface area contributed by atoms with E-state index in [4.69, 9.17) is 5.14 Å². The van der Waals surface area contributed by atoms with Crippen molar-refractivity contribution in [3.8, 4) is 0 Å². The van der Waals surface area contributed by atoms with Crippen LogP contribution in [0.2, 0.25) is 0 Å². The van der Waals surface area contributed by atoms with E-state index in [2.05, 4.69) is 4.72 Å². The molecule has 0 aliphatic heterocycles. The number of rotatable bonds is 6. The summed E-state index contributed by atoms with van der Waals surface area (Å²) in [6, 6.07) is 2.64. The van der Waals surface area contributed by atoms with Crippen LogP contribution in [-0.4, -0.2) is 23.4 Å². The van der Waals surface area contributed by atoms with Crippen molar-refractivity contribution in [1.82, 2.24) is 4.72 Å². The molecule has 4 N–H and O–H groups in total. The average Bonchev–Trinajstić information content (AvgIpc) is 2.27. The molecule has 0 atom stereocenters. The monoisotopic (exact) mass is 311 g/mol. The summed E-state index contributed by atoms with van der Waals surface area (Å²) in [5.41, 5.74) is -0.365. The fourth-order valence-corrected chi connectivity index (χ4v) is 2.70. The summed E-state index contributed by atoms with van der Waals surface area (Å²) >= 11 is 0. The summed E-state index contributed by atoms with van der Waals surface area (Å²) < 4.78 is 62.6. The van der Waals surface area contributed by atoms with Gasteiger partial charge in [0.1, 0.15) is 5.82 Å². The highest BCUT2D eigenvalue weighted by atomic mass is 32.2. The van der Waals surface area contributed by atoms with E-state index in [1.54, 1.807) is 6.92 Å². The minimum atomic E-state index is -4.03. The van der Waals surface area contributed by atoms with Gasteiger partial charge in [0, 0.05) is 6.54 Å². The quantitative estimate of drug-likeness (QED) is 0.692. The first-order chi connectivity index (χ1) is 8.65. The summed E-state index contributed by atoms with van der Waals surface area (Å²) in [4.78, 5) is -0.436. The van der Waals surface area contributed by atoms with Gasteiger partial charge in [0.05, 0.1) is 10.6 Å². The lowest BCUT2D eigenvalue weighted by molar-refractivity contribution is 0.584. The highest BCUT2D eigenvalue weighted by molar-refractivity contribution is 7.90. The molecule has 19 heavy (non-hydrogen) atoms. The largest absolute Gasteiger partial charge is 0.299 e. The number of benzene rings is 1. The van der Waals surface area contributed by atoms with Gasteiger partial charge in [-0.15, -0.1) is 0 Å². The van der Waals surface area contributed by atoms with Crippen LogP contribution in [-0.2, 0) is 20.2 Å². The van der Waals surface area contributed by atoms with E-state index < -0.39 is 30.9 Å². The fourth-order valence-electron chi connectivity index (χ4n) is 1.17. The Labute approximate surface area is 111 Å². The number of halogens is 1. The van der Waals surface area contributed by atoms with Crippen LogP contribution in [0.5, 0.6) is 0 Å². The standard InChI is InChI=1S/C9H14FN3O4S2/c1-2-5-12-19(16,17)13-9-4-3-7(6-8(9)10)18(11,14)15/h3-4,6,12-13H,2,5H2,1H3,(H2,11,14,15). The molecule has 0 amide bonds. The molecule has 0 heterocycles. The second kappa shape index (κ2) is 5.82. The Morgan fingerprint density at radius 1 is 1.26 bits per heavy atom. The van der Waals surface area contributed by atoms with Gasteiger partial charge < -0.3 is 0 Å². The Kier molecular flexibility index (Phi) is 4.85. The van der Waals surface area contributed by atoms with E-state index in [0.29, 0.717) is 12.5 Å². The van der Waals surface area contributed by atoms with Crippen LogP contribution in [0.3, 0.4) is 0 Å². The predicted octanol–water partition coefficient (Wildman–Crippen LogP) is 0.129. The van der Waals surface area contributed by atoms with Gasteiger partial charge in [-0.05, 0) is 24.6 Å². The molecule has 0 saturated carbocycles. The molecule has 1 rings (SSSR count). The van der Waals surface area contributed by atoms with Crippen molar-refractivity contribution in [2.75, 3.05) is 11.3 Å². The molecule has 0 aliphatic rings. The smallest absolute Gasteiger partial charge is 0.268 e. The van der Waals surface area contributed by atoms with Gasteiger partial charge in [-0.25, -0.2) is 17.9 Å². The Balaban J connectivity index is 2.99. The van der Waals surface area contributed by atoms with Gasteiger partial charge in [0.15, 0.2) is 0 Å². The number of primary sulfonamides is 1. The first-order valence-corrected chi connectivity index (χ1v) is 8.28. The number of nitrogens with one attached hydrogen (secondary N) is 2. The third-order valence-electron chi connectivity index (χ3n) is 2.06. The minimum absolute atomic E-state index is 0.201. The lowest BCUT2D eigenvalue weighted by Gasteiger charge is -2.10. The van der Waals surface area contributed by atoms with Crippen LogP contribution >= 0.6 is 0 Å². The molecule has 0 radical (unpaired) electrons. The number of anilines is 1. The third-order valence-corrected chi connectivity index (χ3v) is 4.04. The van der Waals surface area contributed by atoms with Gasteiger partial charge >= 0.3 is 0 Å². The first-order valence-electron chi connectivity index (χ1n) is 5.25. The van der Waals surface area contributed by atoms with Crippen LogP contribution in [0.25, 0.3) is 0 Å². The third kappa shape index (κ3) is 4.74. The number of sulfonamides is 1. The van der Waals surface area contributed by atoms with Crippen molar-refractivity contribution in [2.45, 2.75) is 18.2 Å². The topological polar surface area (TPSA) is 118 Å². The zero-order chi connectivity index (χ0) is 14.7. The van der Waals surface area contributed by atoms with Gasteiger partial charge in [-0.1, -0.05) is 6.92 Å². The van der Waals surface area contributed by atoms with Gasteiger partial charge in [-0.2, -0.15) is 13.1 Å². The Morgan fingerprint density at radius 2 is 1.89 bits per heavy atom. The molecule has 0 fully saturated rings. The lowest BCUT2D eigenvalue weighted by Crippen LogP contribution is -2.31. The first kappa shape index (κ1) is 15.8. The second-order valence-corrected chi connectivity index (χ2v) is 6.75. The van der Waals surface area contributed by atoms with Gasteiger partial charge in [-0.3, -0.25) is 4.72 Å². The van der Waals surface area contributed by atoms with E-state index in [-0.39, 0.29) is 12.2 Å². The Hall–Kier alpha value is -1.23. The van der Waals surface area contributed by atoms with Crippen LogP contribution in [0.15, 0.2) is 23.1 Å². The SMILES string of the molecule is CCCNS(=O)(=O)Nc1ccc(S(N)(=O)=O)cc1F. The van der Waals surface area contributed by atoms with Crippen LogP contribution in [0.1, 0.15) is 13.3 Å². The Morgan fingerprint density at radius 3 is 2.37 bits per heavy atom. The lowest BCUT2D eigenvalue weighted by atomic mass is 10.3. The molecule has 0 aromatic heterocycles. The molecule has 0 saturated heterocycles. The molecule has 7 nitrogen and oxygen atoms in total. The van der Waals surface area contributed by atoms with Crippen molar-refractivity contribution >= 4 is 25.9 Å². The maximum atomic E-state index is 13.6. The second-order valence-electron chi connectivity index (χ2n) is 3.69. The normalized spacial score (nSPS) is 12.4. The minimum Gasteiger partial charge on any atom is -0.268 e. The summed E-state index contributed by atoms with van der Waals surface area (Å²) in [7, 11) is -7.92. The maximum absolute atomic E-state index is 13.6. The zero-order valence-electron chi connectivity index (χ0n) is 10.1. The maximum Gasteiger partial charge on any atom is 0.299 e. The van der Waals surface area contributed by atoms with Crippen molar-refractivity contribution in [2.24, 2.45) is 5.14 Å². The van der Waals surface area contributed by atoms with Gasteiger partial charge in [0.25, 0.3) is 10.2 Å². The van der Waals surface area contributed by atoms with E-state index in [0.717, 1.165) is 12.1 Å². The average molecular weight is 311 g/mol.